The van der Waals surface area contributed by atoms with Crippen molar-refractivity contribution in [3.63, 3.8) is 0 Å². The molecule has 3 rings (SSSR count). The van der Waals surface area contributed by atoms with E-state index in [-0.39, 0.29) is 11.7 Å². The molecule has 1 aromatic heterocycles. The number of halogens is 1. The molecule has 5 nitrogen and oxygen atoms in total. The van der Waals surface area contributed by atoms with Crippen LogP contribution in [0.2, 0.25) is 0 Å². The van der Waals surface area contributed by atoms with Crippen molar-refractivity contribution in [3.05, 3.63) is 65.3 Å². The lowest BCUT2D eigenvalue weighted by molar-refractivity contribution is -0.858. The van der Waals surface area contributed by atoms with Gasteiger partial charge in [-0.1, -0.05) is 0 Å². The molecular weight excluding hydrogens is 389 g/mol. The quantitative estimate of drug-likeness (QED) is 0.616. The monoisotopic (exact) mass is 414 g/mol. The second kappa shape index (κ2) is 9.62. The van der Waals surface area contributed by atoms with Gasteiger partial charge in [-0.15, -0.1) is 11.3 Å². The van der Waals surface area contributed by atoms with Crippen LogP contribution in [-0.2, 0) is 0 Å². The zero-order chi connectivity index (χ0) is 20.8. The maximum atomic E-state index is 13.3. The molecule has 7 heteroatoms. The van der Waals surface area contributed by atoms with Crippen LogP contribution in [0.5, 0.6) is 5.75 Å². The Kier molecular flexibility index (Phi) is 6.95. The summed E-state index contributed by atoms with van der Waals surface area (Å²) in [6.07, 6.45) is 0.840. The van der Waals surface area contributed by atoms with E-state index in [1.54, 1.807) is 12.0 Å². The van der Waals surface area contributed by atoms with Crippen LogP contribution in [0, 0.1) is 5.82 Å². The Morgan fingerprint density at radius 1 is 1.14 bits per heavy atom. The molecule has 0 aliphatic carbocycles. The number of nitrogens with zero attached hydrogens (tertiary/aromatic N) is 2. The highest BCUT2D eigenvalue weighted by molar-refractivity contribution is 7.14. The molecule has 0 saturated carbocycles. The number of rotatable bonds is 8. The molecule has 0 fully saturated rings. The topological polar surface area (TPSA) is 46.9 Å². The SMILES string of the molecule is COc1ccc(-c2csc(N(CCC[NH+](C)C)C(=O)c3ccc(F)cc3)n2)cc1. The van der Waals surface area contributed by atoms with Gasteiger partial charge in [0.05, 0.1) is 33.4 Å². The van der Waals surface area contributed by atoms with Gasteiger partial charge >= 0.3 is 0 Å². The van der Waals surface area contributed by atoms with Crippen LogP contribution >= 0.6 is 11.3 Å². The molecular formula is C22H25FN3O2S+. The highest BCUT2D eigenvalue weighted by atomic mass is 32.1. The van der Waals surface area contributed by atoms with E-state index in [1.165, 1.54) is 40.5 Å². The summed E-state index contributed by atoms with van der Waals surface area (Å²) in [5.74, 6) is 0.248. The van der Waals surface area contributed by atoms with E-state index in [1.807, 2.05) is 29.6 Å². The number of benzene rings is 2. The smallest absolute Gasteiger partial charge is 0.260 e. The first-order valence-corrected chi connectivity index (χ1v) is 10.3. The zero-order valence-corrected chi connectivity index (χ0v) is 17.6. The maximum absolute atomic E-state index is 13.3. The van der Waals surface area contributed by atoms with Crippen molar-refractivity contribution in [1.82, 2.24) is 4.98 Å². The minimum Gasteiger partial charge on any atom is -0.497 e. The van der Waals surface area contributed by atoms with Crippen LogP contribution in [0.25, 0.3) is 11.3 Å². The molecule has 152 valence electrons. The number of carbonyl (C=O) groups excluding carboxylic acids is 1. The van der Waals surface area contributed by atoms with Crippen LogP contribution in [0.3, 0.4) is 0 Å². The standard InChI is InChI=1S/C22H24FN3O2S/c1-25(2)13-4-14-26(21(27)17-5-9-18(23)10-6-17)22-24-20(15-29-22)16-7-11-19(28-3)12-8-16/h5-12,15H,4,13-14H2,1-3H3/p+1. The van der Waals surface area contributed by atoms with Crippen molar-refractivity contribution in [3.8, 4) is 17.0 Å². The third-order valence-electron chi connectivity index (χ3n) is 4.50. The van der Waals surface area contributed by atoms with Crippen molar-refractivity contribution < 1.29 is 18.8 Å². The van der Waals surface area contributed by atoms with E-state index < -0.39 is 0 Å². The molecule has 1 heterocycles. The lowest BCUT2D eigenvalue weighted by Crippen LogP contribution is -3.05. The first kappa shape index (κ1) is 21.0. The van der Waals surface area contributed by atoms with Gasteiger partial charge in [-0.05, 0) is 48.5 Å². The Morgan fingerprint density at radius 3 is 2.45 bits per heavy atom. The zero-order valence-electron chi connectivity index (χ0n) is 16.8. The summed E-state index contributed by atoms with van der Waals surface area (Å²) in [6.45, 7) is 1.49. The Morgan fingerprint density at radius 2 is 1.83 bits per heavy atom. The lowest BCUT2D eigenvalue weighted by Gasteiger charge is -2.20. The average molecular weight is 415 g/mol. The summed E-state index contributed by atoms with van der Waals surface area (Å²) in [7, 11) is 5.79. The second-order valence-corrected chi connectivity index (χ2v) is 7.85. The minimum atomic E-state index is -0.361. The molecule has 2 aromatic carbocycles. The van der Waals surface area contributed by atoms with Crippen molar-refractivity contribution in [2.45, 2.75) is 6.42 Å². The third-order valence-corrected chi connectivity index (χ3v) is 5.37. The molecule has 3 aromatic rings. The lowest BCUT2D eigenvalue weighted by atomic mass is 10.2. The van der Waals surface area contributed by atoms with Crippen LogP contribution in [0.4, 0.5) is 9.52 Å². The Hall–Kier alpha value is -2.77. The van der Waals surface area contributed by atoms with E-state index in [2.05, 4.69) is 14.1 Å². The summed E-state index contributed by atoms with van der Waals surface area (Å²) in [5, 5.41) is 2.58. The van der Waals surface area contributed by atoms with Gasteiger partial charge in [0.2, 0.25) is 0 Å². The summed E-state index contributed by atoms with van der Waals surface area (Å²) >= 11 is 1.43. The predicted octanol–water partition coefficient (Wildman–Crippen LogP) is 3.14. The highest BCUT2D eigenvalue weighted by Gasteiger charge is 2.21. The van der Waals surface area contributed by atoms with E-state index in [4.69, 9.17) is 9.72 Å². The Labute approximate surface area is 174 Å². The molecule has 1 amide bonds. The number of methoxy groups -OCH3 is 1. The van der Waals surface area contributed by atoms with Crippen molar-refractivity contribution in [2.24, 2.45) is 0 Å². The molecule has 0 bridgehead atoms. The average Bonchev–Trinajstić information content (AvgIpc) is 3.21. The number of nitrogens with one attached hydrogen (secondary N) is 1. The molecule has 0 radical (unpaired) electrons. The van der Waals surface area contributed by atoms with Gasteiger partial charge < -0.3 is 9.64 Å². The fraction of sp³-hybridized carbons (Fsp3) is 0.273. The number of amides is 1. The molecule has 0 unspecified atom stereocenters. The molecule has 0 saturated heterocycles. The van der Waals surface area contributed by atoms with E-state index in [0.29, 0.717) is 17.2 Å². The summed E-state index contributed by atoms with van der Waals surface area (Å²) in [4.78, 5) is 20.8. The van der Waals surface area contributed by atoms with E-state index in [9.17, 15) is 9.18 Å². The van der Waals surface area contributed by atoms with Gasteiger partial charge in [0, 0.05) is 29.5 Å². The van der Waals surface area contributed by atoms with E-state index in [0.717, 1.165) is 30.0 Å². The number of hydrogen-bond donors (Lipinski definition) is 1. The first-order chi connectivity index (χ1) is 14.0. The number of carbonyl (C=O) groups is 1. The third kappa shape index (κ3) is 5.40. The number of hydrogen-bond acceptors (Lipinski definition) is 4. The van der Waals surface area contributed by atoms with Crippen LogP contribution in [0.15, 0.2) is 53.9 Å². The molecule has 0 spiro atoms. The largest absolute Gasteiger partial charge is 0.497 e. The Balaban J connectivity index is 1.85. The maximum Gasteiger partial charge on any atom is 0.260 e. The predicted molar refractivity (Wildman–Crippen MR) is 114 cm³/mol. The van der Waals surface area contributed by atoms with E-state index >= 15 is 0 Å². The molecule has 0 aliphatic rings. The van der Waals surface area contributed by atoms with Gasteiger partial charge in [0.25, 0.3) is 5.91 Å². The van der Waals surface area contributed by atoms with Gasteiger partial charge in [0.1, 0.15) is 11.6 Å². The molecule has 0 atom stereocenters. The first-order valence-electron chi connectivity index (χ1n) is 9.44. The second-order valence-electron chi connectivity index (χ2n) is 7.02. The number of ether oxygens (including phenoxy) is 1. The van der Waals surface area contributed by atoms with Gasteiger partial charge in [-0.3, -0.25) is 9.69 Å². The normalized spacial score (nSPS) is 10.9. The number of quaternary nitrogens is 1. The highest BCUT2D eigenvalue weighted by Crippen LogP contribution is 2.29. The number of thiazole rings is 1. The fourth-order valence-corrected chi connectivity index (χ4v) is 3.76. The van der Waals surface area contributed by atoms with Gasteiger partial charge in [-0.25, -0.2) is 9.37 Å². The van der Waals surface area contributed by atoms with Crippen LogP contribution < -0.4 is 14.5 Å². The van der Waals surface area contributed by atoms with Gasteiger partial charge in [-0.2, -0.15) is 0 Å². The van der Waals surface area contributed by atoms with Crippen molar-refractivity contribution in [2.75, 3.05) is 39.2 Å². The molecule has 1 N–H and O–H groups in total. The Bertz CT molecular complexity index is 939. The minimum absolute atomic E-state index is 0.172. The molecule has 0 aliphatic heterocycles. The number of anilines is 1. The van der Waals surface area contributed by atoms with Crippen LogP contribution in [0.1, 0.15) is 16.8 Å². The summed E-state index contributed by atoms with van der Waals surface area (Å²) in [6, 6.07) is 13.3. The van der Waals surface area contributed by atoms with Crippen molar-refractivity contribution >= 4 is 22.4 Å². The summed E-state index contributed by atoms with van der Waals surface area (Å²) in [5.41, 5.74) is 2.22. The van der Waals surface area contributed by atoms with Gasteiger partial charge in [0.15, 0.2) is 5.13 Å². The van der Waals surface area contributed by atoms with Crippen LogP contribution in [-0.4, -0.2) is 45.2 Å². The molecule has 29 heavy (non-hydrogen) atoms. The van der Waals surface area contributed by atoms with Crippen molar-refractivity contribution in [1.29, 1.82) is 0 Å². The fourth-order valence-electron chi connectivity index (χ4n) is 2.91. The summed E-state index contributed by atoms with van der Waals surface area (Å²) < 4.78 is 18.5. The number of aromatic nitrogens is 1.